The van der Waals surface area contributed by atoms with Crippen molar-refractivity contribution in [2.75, 3.05) is 11.9 Å². The lowest BCUT2D eigenvalue weighted by Gasteiger charge is -2.12. The van der Waals surface area contributed by atoms with E-state index in [4.69, 9.17) is 18.0 Å². The SMILES string of the molecule is NC(=S)c1ccc(NCC2CC2)c2ccccc12. The number of benzene rings is 2. The van der Waals surface area contributed by atoms with Gasteiger partial charge in [-0.15, -0.1) is 0 Å². The molecule has 1 saturated carbocycles. The highest BCUT2D eigenvalue weighted by Crippen LogP contribution is 2.31. The van der Waals surface area contributed by atoms with Gasteiger partial charge in [0.15, 0.2) is 0 Å². The van der Waals surface area contributed by atoms with Crippen molar-refractivity contribution in [2.45, 2.75) is 12.8 Å². The lowest BCUT2D eigenvalue weighted by Crippen LogP contribution is -2.11. The molecule has 0 saturated heterocycles. The van der Waals surface area contributed by atoms with Gasteiger partial charge in [-0.05, 0) is 36.3 Å². The van der Waals surface area contributed by atoms with Crippen LogP contribution in [0.3, 0.4) is 0 Å². The number of rotatable bonds is 4. The molecule has 3 rings (SSSR count). The number of nitrogens with two attached hydrogens (primary N) is 1. The third kappa shape index (κ3) is 2.18. The van der Waals surface area contributed by atoms with Gasteiger partial charge in [-0.25, -0.2) is 0 Å². The summed E-state index contributed by atoms with van der Waals surface area (Å²) in [7, 11) is 0. The molecule has 0 unspecified atom stereocenters. The molecule has 0 aromatic heterocycles. The molecular formula is C15H16N2S. The highest BCUT2D eigenvalue weighted by Gasteiger charge is 2.20. The van der Waals surface area contributed by atoms with Crippen molar-refractivity contribution < 1.29 is 0 Å². The van der Waals surface area contributed by atoms with Crippen molar-refractivity contribution in [3.63, 3.8) is 0 Å². The van der Waals surface area contributed by atoms with E-state index in [1.165, 1.54) is 23.9 Å². The van der Waals surface area contributed by atoms with E-state index in [1.807, 2.05) is 18.2 Å². The van der Waals surface area contributed by atoms with Crippen LogP contribution in [0.1, 0.15) is 18.4 Å². The molecule has 1 aliphatic carbocycles. The molecular weight excluding hydrogens is 240 g/mol. The molecule has 3 N–H and O–H groups in total. The maximum absolute atomic E-state index is 5.77. The van der Waals surface area contributed by atoms with Gasteiger partial charge in [0.25, 0.3) is 0 Å². The molecule has 3 heteroatoms. The molecule has 0 aliphatic heterocycles. The summed E-state index contributed by atoms with van der Waals surface area (Å²) in [5.74, 6) is 0.860. The van der Waals surface area contributed by atoms with E-state index in [9.17, 15) is 0 Å². The number of thiocarbonyl (C=S) groups is 1. The summed E-state index contributed by atoms with van der Waals surface area (Å²) in [6, 6.07) is 12.4. The first kappa shape index (κ1) is 11.5. The van der Waals surface area contributed by atoms with Gasteiger partial charge in [-0.2, -0.15) is 0 Å². The standard InChI is InChI=1S/C15H16N2S/c16-15(18)13-7-8-14(17-9-10-5-6-10)12-4-2-1-3-11(12)13/h1-4,7-8,10,17H,5-6,9H2,(H2,16,18). The van der Waals surface area contributed by atoms with Crippen molar-refractivity contribution in [3.05, 3.63) is 42.0 Å². The van der Waals surface area contributed by atoms with Gasteiger partial charge >= 0.3 is 0 Å². The molecule has 0 spiro atoms. The van der Waals surface area contributed by atoms with E-state index in [0.29, 0.717) is 4.99 Å². The van der Waals surface area contributed by atoms with Crippen molar-refractivity contribution in [3.8, 4) is 0 Å². The van der Waals surface area contributed by atoms with Crippen molar-refractivity contribution in [1.29, 1.82) is 0 Å². The molecule has 0 bridgehead atoms. The van der Waals surface area contributed by atoms with Crippen molar-refractivity contribution in [2.24, 2.45) is 11.7 Å². The Hall–Kier alpha value is -1.61. The van der Waals surface area contributed by atoms with Crippen LogP contribution in [0.5, 0.6) is 0 Å². The average molecular weight is 256 g/mol. The summed E-state index contributed by atoms with van der Waals surface area (Å²) >= 11 is 5.11. The van der Waals surface area contributed by atoms with Gasteiger partial charge < -0.3 is 11.1 Å². The zero-order valence-corrected chi connectivity index (χ0v) is 11.0. The topological polar surface area (TPSA) is 38.0 Å². The van der Waals surface area contributed by atoms with E-state index < -0.39 is 0 Å². The second-order valence-electron chi connectivity index (χ2n) is 4.89. The smallest absolute Gasteiger partial charge is 0.104 e. The van der Waals surface area contributed by atoms with E-state index in [-0.39, 0.29) is 0 Å². The average Bonchev–Trinajstić information content (AvgIpc) is 3.19. The highest BCUT2D eigenvalue weighted by molar-refractivity contribution is 7.80. The molecule has 2 aromatic rings. The number of hydrogen-bond acceptors (Lipinski definition) is 2. The van der Waals surface area contributed by atoms with Gasteiger partial charge in [0.2, 0.25) is 0 Å². The quantitative estimate of drug-likeness (QED) is 0.824. The van der Waals surface area contributed by atoms with Crippen molar-refractivity contribution >= 4 is 33.7 Å². The van der Waals surface area contributed by atoms with E-state index in [1.54, 1.807) is 0 Å². The molecule has 0 atom stereocenters. The first-order chi connectivity index (χ1) is 8.75. The van der Waals surface area contributed by atoms with Crippen LogP contribution >= 0.6 is 12.2 Å². The normalized spacial score (nSPS) is 14.7. The van der Waals surface area contributed by atoms with Crippen LogP contribution in [0.4, 0.5) is 5.69 Å². The van der Waals surface area contributed by atoms with Crippen LogP contribution in [0.15, 0.2) is 36.4 Å². The molecule has 92 valence electrons. The van der Waals surface area contributed by atoms with Crippen LogP contribution in [-0.4, -0.2) is 11.5 Å². The molecule has 1 aliphatic rings. The maximum Gasteiger partial charge on any atom is 0.104 e. The fraction of sp³-hybridized carbons (Fsp3) is 0.267. The van der Waals surface area contributed by atoms with Gasteiger partial charge in [0.1, 0.15) is 4.99 Å². The fourth-order valence-electron chi connectivity index (χ4n) is 2.24. The lowest BCUT2D eigenvalue weighted by atomic mass is 10.0. The lowest BCUT2D eigenvalue weighted by molar-refractivity contribution is 0.890. The Kier molecular flexibility index (Phi) is 2.92. The van der Waals surface area contributed by atoms with E-state index in [2.05, 4.69) is 23.5 Å². The Labute approximate surface area is 112 Å². The number of nitrogens with one attached hydrogen (secondary N) is 1. The molecule has 1 fully saturated rings. The Balaban J connectivity index is 2.04. The summed E-state index contributed by atoms with van der Waals surface area (Å²) in [5, 5.41) is 5.86. The summed E-state index contributed by atoms with van der Waals surface area (Å²) in [6.07, 6.45) is 2.71. The maximum atomic E-state index is 5.77. The third-order valence-corrected chi connectivity index (χ3v) is 3.69. The second kappa shape index (κ2) is 4.58. The summed E-state index contributed by atoms with van der Waals surface area (Å²) in [6.45, 7) is 1.07. The van der Waals surface area contributed by atoms with Crippen LogP contribution < -0.4 is 11.1 Å². The Morgan fingerprint density at radius 1 is 1.17 bits per heavy atom. The van der Waals surface area contributed by atoms with Gasteiger partial charge in [-0.3, -0.25) is 0 Å². The first-order valence-corrected chi connectivity index (χ1v) is 6.72. The van der Waals surface area contributed by atoms with Crippen LogP contribution in [0.25, 0.3) is 10.8 Å². The highest BCUT2D eigenvalue weighted by atomic mass is 32.1. The zero-order valence-electron chi connectivity index (χ0n) is 10.1. The number of fused-ring (bicyclic) bond motifs is 1. The van der Waals surface area contributed by atoms with E-state index in [0.717, 1.165) is 23.4 Å². The molecule has 2 nitrogen and oxygen atoms in total. The molecule has 0 amide bonds. The predicted molar refractivity (Wildman–Crippen MR) is 81.0 cm³/mol. The van der Waals surface area contributed by atoms with Crippen LogP contribution in [0.2, 0.25) is 0 Å². The Morgan fingerprint density at radius 3 is 2.56 bits per heavy atom. The number of hydrogen-bond donors (Lipinski definition) is 2. The van der Waals surface area contributed by atoms with E-state index >= 15 is 0 Å². The fourth-order valence-corrected chi connectivity index (χ4v) is 2.42. The van der Waals surface area contributed by atoms with Crippen LogP contribution in [0, 0.1) is 5.92 Å². The monoisotopic (exact) mass is 256 g/mol. The Bertz CT molecular complexity index is 602. The van der Waals surface area contributed by atoms with Gasteiger partial charge in [0, 0.05) is 23.2 Å². The minimum absolute atomic E-state index is 0.458. The minimum atomic E-state index is 0.458. The molecule has 0 radical (unpaired) electrons. The largest absolute Gasteiger partial charge is 0.389 e. The summed E-state index contributed by atoms with van der Waals surface area (Å²) < 4.78 is 0. The molecule has 18 heavy (non-hydrogen) atoms. The van der Waals surface area contributed by atoms with Gasteiger partial charge in [0.05, 0.1) is 0 Å². The zero-order chi connectivity index (χ0) is 12.5. The Morgan fingerprint density at radius 2 is 1.89 bits per heavy atom. The van der Waals surface area contributed by atoms with Crippen LogP contribution in [-0.2, 0) is 0 Å². The minimum Gasteiger partial charge on any atom is -0.389 e. The summed E-state index contributed by atoms with van der Waals surface area (Å²) in [5.41, 5.74) is 7.91. The second-order valence-corrected chi connectivity index (χ2v) is 5.33. The molecule has 2 aromatic carbocycles. The number of anilines is 1. The third-order valence-electron chi connectivity index (χ3n) is 3.47. The molecule has 0 heterocycles. The predicted octanol–water partition coefficient (Wildman–Crippen LogP) is 3.30. The van der Waals surface area contributed by atoms with Crippen molar-refractivity contribution in [1.82, 2.24) is 0 Å². The van der Waals surface area contributed by atoms with Gasteiger partial charge in [-0.1, -0.05) is 36.5 Å². The summed E-state index contributed by atoms with van der Waals surface area (Å²) in [4.78, 5) is 0.458. The first-order valence-electron chi connectivity index (χ1n) is 6.31.